The first-order chi connectivity index (χ1) is 17.6. The average Bonchev–Trinajstić information content (AvgIpc) is 3.28. The molecule has 0 radical (unpaired) electrons. The molecule has 4 amide bonds. The van der Waals surface area contributed by atoms with Crippen LogP contribution in [0.25, 0.3) is 11.6 Å². The fourth-order valence-corrected chi connectivity index (χ4v) is 4.04. The Bertz CT molecular complexity index is 1470. The molecule has 0 aliphatic carbocycles. The fraction of sp³-hybridized carbons (Fsp3) is 0.154. The molecule has 11 heteroatoms. The highest BCUT2D eigenvalue weighted by atomic mass is 19.1. The lowest BCUT2D eigenvalue weighted by molar-refractivity contribution is -0.136. The second-order valence-corrected chi connectivity index (χ2v) is 8.36. The summed E-state index contributed by atoms with van der Waals surface area (Å²) in [6.07, 6.45) is 1.36. The maximum absolute atomic E-state index is 14.9. The van der Waals surface area contributed by atoms with Crippen molar-refractivity contribution in [3.05, 3.63) is 75.9 Å². The van der Waals surface area contributed by atoms with Crippen molar-refractivity contribution >= 4 is 46.8 Å². The Hall–Kier alpha value is -4.93. The van der Waals surface area contributed by atoms with E-state index in [4.69, 9.17) is 9.84 Å². The number of hydrogen-bond donors (Lipinski definition) is 5. The molecular formula is C26H23FN4O6. The van der Waals surface area contributed by atoms with Crippen LogP contribution in [0.15, 0.2) is 36.4 Å². The minimum Gasteiger partial charge on any atom is -0.497 e. The molecule has 0 atom stereocenters. The minimum absolute atomic E-state index is 0.172. The monoisotopic (exact) mass is 506 g/mol. The van der Waals surface area contributed by atoms with Gasteiger partial charge in [-0.05, 0) is 67.4 Å². The smallest absolute Gasteiger partial charge is 0.326 e. The van der Waals surface area contributed by atoms with E-state index < -0.39 is 29.6 Å². The summed E-state index contributed by atoms with van der Waals surface area (Å²) in [6, 6.07) is 7.46. The van der Waals surface area contributed by atoms with Crippen molar-refractivity contribution in [2.75, 3.05) is 17.7 Å². The molecule has 4 rings (SSSR count). The summed E-state index contributed by atoms with van der Waals surface area (Å²) in [7, 11) is 1.48. The van der Waals surface area contributed by atoms with Crippen LogP contribution in [-0.2, 0) is 16.0 Å². The number of ether oxygens (including phenoxy) is 1. The Kier molecular flexibility index (Phi) is 6.79. The third-order valence-electron chi connectivity index (χ3n) is 5.97. The van der Waals surface area contributed by atoms with Gasteiger partial charge in [0, 0.05) is 22.5 Å². The first-order valence-electron chi connectivity index (χ1n) is 11.1. The summed E-state index contributed by atoms with van der Waals surface area (Å²) in [6.45, 7) is 3.47. The van der Waals surface area contributed by atoms with Crippen LogP contribution in [0.2, 0.25) is 0 Å². The van der Waals surface area contributed by atoms with E-state index in [9.17, 15) is 23.6 Å². The summed E-state index contributed by atoms with van der Waals surface area (Å²) in [4.78, 5) is 51.5. The number of aryl methyl sites for hydroxylation is 1. The zero-order chi connectivity index (χ0) is 26.9. The van der Waals surface area contributed by atoms with Crippen molar-refractivity contribution in [3.63, 3.8) is 0 Å². The molecule has 0 saturated carbocycles. The number of urea groups is 1. The molecule has 2 aromatic carbocycles. The first kappa shape index (κ1) is 25.2. The maximum atomic E-state index is 14.9. The number of carboxylic acid groups (broad SMARTS) is 1. The number of carbonyl (C=O) groups excluding carboxylic acids is 3. The molecule has 0 saturated heterocycles. The van der Waals surface area contributed by atoms with Crippen molar-refractivity contribution in [1.82, 2.24) is 10.3 Å². The summed E-state index contributed by atoms with van der Waals surface area (Å²) in [5.41, 5.74) is 3.15. The number of H-pyrrole nitrogens is 1. The molecule has 37 heavy (non-hydrogen) atoms. The van der Waals surface area contributed by atoms with Crippen LogP contribution in [0.3, 0.4) is 0 Å². The average molecular weight is 506 g/mol. The van der Waals surface area contributed by atoms with E-state index >= 15 is 0 Å². The molecular weight excluding hydrogens is 483 g/mol. The molecule has 1 aliphatic heterocycles. The molecule has 1 aliphatic rings. The van der Waals surface area contributed by atoms with E-state index in [1.165, 1.54) is 31.4 Å². The predicted octanol–water partition coefficient (Wildman–Crippen LogP) is 3.86. The number of nitrogens with one attached hydrogen (secondary N) is 4. The van der Waals surface area contributed by atoms with Gasteiger partial charge in [-0.3, -0.25) is 19.7 Å². The summed E-state index contributed by atoms with van der Waals surface area (Å²) in [5.74, 6) is -2.44. The number of rotatable bonds is 6. The number of halogens is 1. The van der Waals surface area contributed by atoms with Gasteiger partial charge in [-0.15, -0.1) is 0 Å². The van der Waals surface area contributed by atoms with Gasteiger partial charge in [-0.2, -0.15) is 0 Å². The number of fused-ring (bicyclic) bond motifs is 1. The van der Waals surface area contributed by atoms with Crippen LogP contribution >= 0.6 is 0 Å². The van der Waals surface area contributed by atoms with Crippen LogP contribution in [0.1, 0.15) is 38.4 Å². The SMILES string of the molecule is COc1ccc(C(=O)NC(=O)Nc2cc3c(cc2F)/C(=C/c2[nH]c(C)c(CC(=O)O)c2C)C(=O)N3)cc1. The van der Waals surface area contributed by atoms with Gasteiger partial charge in [0.25, 0.3) is 11.8 Å². The van der Waals surface area contributed by atoms with E-state index in [-0.39, 0.29) is 34.5 Å². The third kappa shape index (κ3) is 5.20. The van der Waals surface area contributed by atoms with E-state index in [1.807, 2.05) is 0 Å². The number of benzene rings is 2. The Morgan fingerprint density at radius 1 is 1.14 bits per heavy atom. The number of carboxylic acids is 1. The highest BCUT2D eigenvalue weighted by Gasteiger charge is 2.27. The molecule has 0 fully saturated rings. The standard InChI is InChI=1S/C26H23FN4O6/c1-12-16(10-23(32)33)13(2)28-20(12)9-18-17-8-19(27)22(11-21(17)29-25(18)35)30-26(36)31-24(34)14-4-6-15(37-3)7-5-14/h4-9,11,28H,10H2,1-3H3,(H,29,35)(H,32,33)(H2,30,31,34,36)/b18-9-. The number of aromatic nitrogens is 1. The van der Waals surface area contributed by atoms with Crippen LogP contribution in [0.4, 0.5) is 20.6 Å². The van der Waals surface area contributed by atoms with Gasteiger partial charge in [0.05, 0.1) is 30.5 Å². The van der Waals surface area contributed by atoms with E-state index in [0.29, 0.717) is 28.3 Å². The van der Waals surface area contributed by atoms with Crippen LogP contribution in [-0.4, -0.2) is 41.0 Å². The summed E-state index contributed by atoms with van der Waals surface area (Å²) >= 11 is 0. The minimum atomic E-state index is -0.981. The lowest BCUT2D eigenvalue weighted by Gasteiger charge is -2.10. The van der Waals surface area contributed by atoms with Gasteiger partial charge in [0.15, 0.2) is 0 Å². The molecule has 0 unspecified atom stereocenters. The number of amides is 4. The Labute approximate surface area is 210 Å². The molecule has 10 nitrogen and oxygen atoms in total. The summed E-state index contributed by atoms with van der Waals surface area (Å²) < 4.78 is 19.9. The number of hydrogen-bond acceptors (Lipinski definition) is 5. The lowest BCUT2D eigenvalue weighted by Crippen LogP contribution is -2.34. The Morgan fingerprint density at radius 2 is 1.84 bits per heavy atom. The second-order valence-electron chi connectivity index (χ2n) is 8.36. The quantitative estimate of drug-likeness (QED) is 0.321. The molecule has 5 N–H and O–H groups in total. The fourth-order valence-electron chi connectivity index (χ4n) is 4.04. The molecule has 0 spiro atoms. The van der Waals surface area contributed by atoms with Crippen LogP contribution in [0, 0.1) is 19.7 Å². The highest BCUT2D eigenvalue weighted by molar-refractivity contribution is 6.35. The molecule has 0 bridgehead atoms. The van der Waals surface area contributed by atoms with Crippen molar-refractivity contribution in [2.24, 2.45) is 0 Å². The second kappa shape index (κ2) is 9.97. The molecule has 190 valence electrons. The van der Waals surface area contributed by atoms with Gasteiger partial charge in [0.1, 0.15) is 11.6 Å². The van der Waals surface area contributed by atoms with Crippen molar-refractivity contribution < 1.29 is 33.4 Å². The van der Waals surface area contributed by atoms with E-state index in [1.54, 1.807) is 26.0 Å². The van der Waals surface area contributed by atoms with Crippen molar-refractivity contribution in [2.45, 2.75) is 20.3 Å². The largest absolute Gasteiger partial charge is 0.497 e. The van der Waals surface area contributed by atoms with Crippen molar-refractivity contribution in [3.8, 4) is 5.75 Å². The number of anilines is 2. The lowest BCUT2D eigenvalue weighted by atomic mass is 10.0. The Morgan fingerprint density at radius 3 is 2.49 bits per heavy atom. The van der Waals surface area contributed by atoms with Gasteiger partial charge in [-0.1, -0.05) is 0 Å². The number of methoxy groups -OCH3 is 1. The van der Waals surface area contributed by atoms with E-state index in [0.717, 1.165) is 6.07 Å². The van der Waals surface area contributed by atoms with Gasteiger partial charge >= 0.3 is 12.0 Å². The molecule has 3 aromatic rings. The number of imide groups is 1. The zero-order valence-corrected chi connectivity index (χ0v) is 20.1. The van der Waals surface area contributed by atoms with Crippen LogP contribution in [0.5, 0.6) is 5.75 Å². The Balaban J connectivity index is 1.54. The third-order valence-corrected chi connectivity index (χ3v) is 5.97. The maximum Gasteiger partial charge on any atom is 0.326 e. The van der Waals surface area contributed by atoms with Gasteiger partial charge in [0.2, 0.25) is 0 Å². The highest BCUT2D eigenvalue weighted by Crippen LogP contribution is 2.37. The first-order valence-corrected chi connectivity index (χ1v) is 11.1. The van der Waals surface area contributed by atoms with E-state index in [2.05, 4.69) is 20.9 Å². The number of carbonyl (C=O) groups is 4. The summed E-state index contributed by atoms with van der Waals surface area (Å²) in [5, 5.41) is 16.2. The topological polar surface area (TPSA) is 150 Å². The van der Waals surface area contributed by atoms with Gasteiger partial charge < -0.3 is 25.5 Å². The molecule has 1 aromatic heterocycles. The normalized spacial score (nSPS) is 13.2. The van der Waals surface area contributed by atoms with Crippen molar-refractivity contribution in [1.29, 1.82) is 0 Å². The predicted molar refractivity (Wildman–Crippen MR) is 134 cm³/mol. The zero-order valence-electron chi connectivity index (χ0n) is 20.1. The molecule has 2 heterocycles. The van der Waals surface area contributed by atoms with Crippen LogP contribution < -0.4 is 20.7 Å². The number of aliphatic carboxylic acids is 1. The number of aromatic amines is 1. The van der Waals surface area contributed by atoms with Gasteiger partial charge in [-0.25, -0.2) is 9.18 Å².